The maximum absolute atomic E-state index is 12.4. The largest absolute Gasteiger partial charge is 0.392 e. The molecule has 3 rings (SSSR count). The number of halogens is 1. The van der Waals surface area contributed by atoms with E-state index in [9.17, 15) is 9.90 Å². The Kier molecular flexibility index (Phi) is 5.48. The molecule has 126 valence electrons. The number of piperidine rings is 1. The number of benzene rings is 1. The molecule has 0 unspecified atom stereocenters. The third kappa shape index (κ3) is 4.13. The smallest absolute Gasteiger partial charge is 0.272 e. The highest BCUT2D eigenvalue weighted by Crippen LogP contribution is 2.24. The first kappa shape index (κ1) is 16.9. The van der Waals surface area contributed by atoms with E-state index in [1.807, 2.05) is 35.2 Å². The standard InChI is InChI=1S/C19H21ClN2O2/c20-16-6-7-17(21-13-16)19(24)22-10-8-15(9-11-22)18(23)12-14-4-2-1-3-5-14/h1-7,13,15,18,23H,8-12H2/t18-/m0/s1. The van der Waals surface area contributed by atoms with Crippen LogP contribution in [0.15, 0.2) is 48.7 Å². The SMILES string of the molecule is O=C(c1ccc(Cl)cn1)N1CCC([C@@H](O)Cc2ccccc2)CC1. The van der Waals surface area contributed by atoms with Gasteiger partial charge in [-0.05, 0) is 42.9 Å². The molecule has 5 heteroatoms. The van der Waals surface area contributed by atoms with Crippen molar-refractivity contribution in [2.75, 3.05) is 13.1 Å². The van der Waals surface area contributed by atoms with Gasteiger partial charge < -0.3 is 10.0 Å². The molecule has 1 aromatic heterocycles. The van der Waals surface area contributed by atoms with Gasteiger partial charge in [-0.3, -0.25) is 4.79 Å². The molecule has 1 atom stereocenters. The van der Waals surface area contributed by atoms with E-state index in [1.54, 1.807) is 12.1 Å². The molecule has 1 aliphatic rings. The van der Waals surface area contributed by atoms with Crippen LogP contribution in [-0.4, -0.2) is 40.1 Å². The van der Waals surface area contributed by atoms with Crippen molar-refractivity contribution in [2.24, 2.45) is 5.92 Å². The van der Waals surface area contributed by atoms with Crippen LogP contribution in [0.1, 0.15) is 28.9 Å². The Labute approximate surface area is 147 Å². The number of hydrogen-bond acceptors (Lipinski definition) is 3. The van der Waals surface area contributed by atoms with Crippen molar-refractivity contribution in [3.05, 3.63) is 64.9 Å². The van der Waals surface area contributed by atoms with Gasteiger partial charge in [0.05, 0.1) is 11.1 Å². The zero-order valence-corrected chi connectivity index (χ0v) is 14.2. The van der Waals surface area contributed by atoms with Gasteiger partial charge in [0.2, 0.25) is 0 Å². The second-order valence-electron chi connectivity index (χ2n) is 6.25. The molecule has 0 spiro atoms. The van der Waals surface area contributed by atoms with Gasteiger partial charge in [-0.15, -0.1) is 0 Å². The fourth-order valence-electron chi connectivity index (χ4n) is 3.17. The van der Waals surface area contributed by atoms with Crippen LogP contribution < -0.4 is 0 Å². The molecule has 1 N–H and O–H groups in total. The Hall–Kier alpha value is -1.91. The average molecular weight is 345 g/mol. The minimum Gasteiger partial charge on any atom is -0.392 e. The van der Waals surface area contributed by atoms with E-state index in [-0.39, 0.29) is 17.9 Å². The van der Waals surface area contributed by atoms with Crippen LogP contribution >= 0.6 is 11.6 Å². The lowest BCUT2D eigenvalue weighted by molar-refractivity contribution is 0.0464. The number of nitrogens with zero attached hydrogens (tertiary/aromatic N) is 2. The zero-order chi connectivity index (χ0) is 16.9. The molecule has 0 radical (unpaired) electrons. The minimum absolute atomic E-state index is 0.0670. The lowest BCUT2D eigenvalue weighted by Crippen LogP contribution is -2.41. The number of carbonyl (C=O) groups excluding carboxylic acids is 1. The topological polar surface area (TPSA) is 53.4 Å². The van der Waals surface area contributed by atoms with Crippen molar-refractivity contribution < 1.29 is 9.90 Å². The molecule has 1 fully saturated rings. The summed E-state index contributed by atoms with van der Waals surface area (Å²) in [7, 11) is 0. The van der Waals surface area contributed by atoms with Crippen molar-refractivity contribution >= 4 is 17.5 Å². The summed E-state index contributed by atoms with van der Waals surface area (Å²) in [6.45, 7) is 1.30. The fourth-order valence-corrected chi connectivity index (χ4v) is 3.29. The highest BCUT2D eigenvalue weighted by atomic mass is 35.5. The van der Waals surface area contributed by atoms with Gasteiger partial charge in [0, 0.05) is 19.3 Å². The number of carbonyl (C=O) groups is 1. The highest BCUT2D eigenvalue weighted by molar-refractivity contribution is 6.30. The Morgan fingerprint density at radius 1 is 1.21 bits per heavy atom. The number of hydrogen-bond donors (Lipinski definition) is 1. The second kappa shape index (κ2) is 7.77. The molecule has 0 bridgehead atoms. The Morgan fingerprint density at radius 3 is 2.54 bits per heavy atom. The molecular formula is C19H21ClN2O2. The summed E-state index contributed by atoms with van der Waals surface area (Å²) in [6.07, 6.45) is 3.42. The lowest BCUT2D eigenvalue weighted by atomic mass is 9.88. The first-order valence-electron chi connectivity index (χ1n) is 8.26. The van der Waals surface area contributed by atoms with Crippen LogP contribution in [0.5, 0.6) is 0 Å². The van der Waals surface area contributed by atoms with Crippen LogP contribution in [0.3, 0.4) is 0 Å². The number of rotatable bonds is 4. The summed E-state index contributed by atoms with van der Waals surface area (Å²) in [5, 5.41) is 11.0. The van der Waals surface area contributed by atoms with Crippen molar-refractivity contribution in [2.45, 2.75) is 25.4 Å². The molecule has 4 nitrogen and oxygen atoms in total. The summed E-state index contributed by atoms with van der Waals surface area (Å²) in [6, 6.07) is 13.4. The molecule has 1 saturated heterocycles. The fraction of sp³-hybridized carbons (Fsp3) is 0.368. The number of aromatic nitrogens is 1. The van der Waals surface area contributed by atoms with Gasteiger partial charge in [0.25, 0.3) is 5.91 Å². The average Bonchev–Trinajstić information content (AvgIpc) is 2.63. The number of aliphatic hydroxyl groups is 1. The summed E-state index contributed by atoms with van der Waals surface area (Å²) in [5.74, 6) is 0.162. The zero-order valence-electron chi connectivity index (χ0n) is 13.4. The van der Waals surface area contributed by atoms with Gasteiger partial charge in [-0.2, -0.15) is 0 Å². The Morgan fingerprint density at radius 2 is 1.92 bits per heavy atom. The molecule has 24 heavy (non-hydrogen) atoms. The Bertz CT molecular complexity index is 668. The molecule has 1 aliphatic heterocycles. The van der Waals surface area contributed by atoms with Crippen LogP contribution in [0.25, 0.3) is 0 Å². The van der Waals surface area contributed by atoms with E-state index in [0.717, 1.165) is 18.4 Å². The normalized spacial score (nSPS) is 16.8. The van der Waals surface area contributed by atoms with E-state index >= 15 is 0 Å². The lowest BCUT2D eigenvalue weighted by Gasteiger charge is -2.34. The molecule has 0 saturated carbocycles. The van der Waals surface area contributed by atoms with Gasteiger partial charge in [-0.25, -0.2) is 4.98 Å². The predicted molar refractivity (Wildman–Crippen MR) is 94.0 cm³/mol. The van der Waals surface area contributed by atoms with E-state index < -0.39 is 0 Å². The molecule has 1 amide bonds. The van der Waals surface area contributed by atoms with Crippen LogP contribution in [0.2, 0.25) is 5.02 Å². The van der Waals surface area contributed by atoms with Gasteiger partial charge >= 0.3 is 0 Å². The van der Waals surface area contributed by atoms with E-state index in [1.165, 1.54) is 6.20 Å². The maximum Gasteiger partial charge on any atom is 0.272 e. The summed E-state index contributed by atoms with van der Waals surface area (Å²) in [5.41, 5.74) is 1.57. The molecule has 2 heterocycles. The quantitative estimate of drug-likeness (QED) is 0.926. The van der Waals surface area contributed by atoms with Crippen molar-refractivity contribution in [3.8, 4) is 0 Å². The number of amides is 1. The Balaban J connectivity index is 1.53. The first-order valence-corrected chi connectivity index (χ1v) is 8.64. The highest BCUT2D eigenvalue weighted by Gasteiger charge is 2.28. The van der Waals surface area contributed by atoms with Gasteiger partial charge in [-0.1, -0.05) is 41.9 Å². The van der Waals surface area contributed by atoms with Gasteiger partial charge in [0.1, 0.15) is 5.69 Å². The molecule has 1 aromatic carbocycles. The first-order chi connectivity index (χ1) is 11.6. The van der Waals surface area contributed by atoms with E-state index in [2.05, 4.69) is 4.98 Å². The van der Waals surface area contributed by atoms with Crippen molar-refractivity contribution in [1.29, 1.82) is 0 Å². The molecule has 0 aliphatic carbocycles. The number of pyridine rings is 1. The second-order valence-corrected chi connectivity index (χ2v) is 6.68. The predicted octanol–water partition coefficient (Wildman–Crippen LogP) is 3.19. The number of aliphatic hydroxyl groups excluding tert-OH is 1. The third-order valence-electron chi connectivity index (χ3n) is 4.61. The summed E-state index contributed by atoms with van der Waals surface area (Å²) >= 11 is 5.81. The van der Waals surface area contributed by atoms with Crippen molar-refractivity contribution in [1.82, 2.24) is 9.88 Å². The van der Waals surface area contributed by atoms with E-state index in [0.29, 0.717) is 30.2 Å². The third-order valence-corrected chi connectivity index (χ3v) is 4.83. The minimum atomic E-state index is -0.363. The van der Waals surface area contributed by atoms with Gasteiger partial charge in [0.15, 0.2) is 0 Å². The summed E-state index contributed by atoms with van der Waals surface area (Å²) in [4.78, 5) is 18.3. The number of likely N-dealkylation sites (tertiary alicyclic amines) is 1. The maximum atomic E-state index is 12.4. The van der Waals surface area contributed by atoms with E-state index in [4.69, 9.17) is 11.6 Å². The molecular weight excluding hydrogens is 324 g/mol. The van der Waals surface area contributed by atoms with Crippen molar-refractivity contribution in [3.63, 3.8) is 0 Å². The van der Waals surface area contributed by atoms with Crippen LogP contribution in [0.4, 0.5) is 0 Å². The van der Waals surface area contributed by atoms with Crippen LogP contribution in [0, 0.1) is 5.92 Å². The van der Waals surface area contributed by atoms with Crippen LogP contribution in [-0.2, 0) is 6.42 Å². The molecule has 2 aromatic rings. The monoisotopic (exact) mass is 344 g/mol. The summed E-state index contributed by atoms with van der Waals surface area (Å²) < 4.78 is 0.